The third-order valence-corrected chi connectivity index (χ3v) is 5.42. The molecule has 1 aliphatic heterocycles. The van der Waals surface area contributed by atoms with Crippen LogP contribution in [-0.2, 0) is 11.3 Å². The number of hydrogen-bond donors (Lipinski definition) is 1. The summed E-state index contributed by atoms with van der Waals surface area (Å²) in [5.41, 5.74) is 1.49. The molecule has 0 atom stereocenters. The van der Waals surface area contributed by atoms with Crippen LogP contribution in [0.5, 0.6) is 0 Å². The molecule has 0 radical (unpaired) electrons. The Hall–Kier alpha value is -3.35. The quantitative estimate of drug-likeness (QED) is 0.693. The predicted octanol–water partition coefficient (Wildman–Crippen LogP) is 2.03. The normalized spacial score (nSPS) is 14.4. The fourth-order valence-electron chi connectivity index (χ4n) is 3.90. The largest absolute Gasteiger partial charge is 0.338 e. The standard InChI is InChI=1S/C22H24N4O3/c1-2-23-22(29)25-13-11-24(12-14-25)20(27)15-26-18-9-5-3-7-16(18)21(28)17-8-4-6-10-19(17)26/h3-10H,2,11-15H2,1H3,(H,23,29). The first-order valence-corrected chi connectivity index (χ1v) is 9.91. The van der Waals surface area contributed by atoms with Crippen LogP contribution in [0.3, 0.4) is 0 Å². The van der Waals surface area contributed by atoms with Crippen molar-refractivity contribution in [1.29, 1.82) is 0 Å². The minimum Gasteiger partial charge on any atom is -0.338 e. The molecule has 3 aromatic rings. The Kier molecular flexibility index (Phi) is 5.20. The molecule has 4 rings (SSSR count). The van der Waals surface area contributed by atoms with Crippen LogP contribution >= 0.6 is 0 Å². The van der Waals surface area contributed by atoms with E-state index in [1.807, 2.05) is 47.9 Å². The molecule has 0 spiro atoms. The van der Waals surface area contributed by atoms with Gasteiger partial charge in [-0.1, -0.05) is 24.3 Å². The van der Waals surface area contributed by atoms with Crippen LogP contribution in [0.2, 0.25) is 0 Å². The van der Waals surface area contributed by atoms with Crippen LogP contribution in [0.1, 0.15) is 6.92 Å². The average molecular weight is 392 g/mol. The number of amides is 3. The van der Waals surface area contributed by atoms with Crippen LogP contribution in [0.15, 0.2) is 53.3 Å². The van der Waals surface area contributed by atoms with Crippen molar-refractivity contribution in [3.05, 3.63) is 58.8 Å². The molecule has 1 saturated heterocycles. The minimum absolute atomic E-state index is 0.0143. The molecular formula is C22H24N4O3. The van der Waals surface area contributed by atoms with E-state index >= 15 is 0 Å². The summed E-state index contributed by atoms with van der Waals surface area (Å²) < 4.78 is 1.92. The summed E-state index contributed by atoms with van der Waals surface area (Å²) in [4.78, 5) is 41.4. The molecule has 150 valence electrons. The van der Waals surface area contributed by atoms with E-state index in [9.17, 15) is 14.4 Å². The predicted molar refractivity (Wildman–Crippen MR) is 113 cm³/mol. The summed E-state index contributed by atoms with van der Waals surface area (Å²) in [5.74, 6) is -0.0143. The molecule has 2 heterocycles. The molecule has 0 aliphatic carbocycles. The summed E-state index contributed by atoms with van der Waals surface area (Å²) in [6, 6.07) is 14.7. The highest BCUT2D eigenvalue weighted by Crippen LogP contribution is 2.19. The molecule has 2 aromatic carbocycles. The highest BCUT2D eigenvalue weighted by molar-refractivity contribution is 5.94. The molecule has 1 N–H and O–H groups in total. The number of para-hydroxylation sites is 2. The van der Waals surface area contributed by atoms with Crippen LogP contribution in [0.4, 0.5) is 4.79 Å². The molecule has 0 saturated carbocycles. The average Bonchev–Trinajstić information content (AvgIpc) is 2.77. The van der Waals surface area contributed by atoms with Crippen molar-refractivity contribution in [2.45, 2.75) is 13.5 Å². The topological polar surface area (TPSA) is 74.7 Å². The van der Waals surface area contributed by atoms with Gasteiger partial charge < -0.3 is 19.7 Å². The summed E-state index contributed by atoms with van der Waals surface area (Å²) in [5, 5.41) is 4.02. The van der Waals surface area contributed by atoms with Crippen molar-refractivity contribution in [2.75, 3.05) is 32.7 Å². The Morgan fingerprint density at radius 3 is 1.93 bits per heavy atom. The Balaban J connectivity index is 1.61. The lowest BCUT2D eigenvalue weighted by Crippen LogP contribution is -2.53. The van der Waals surface area contributed by atoms with E-state index in [-0.39, 0.29) is 23.9 Å². The van der Waals surface area contributed by atoms with Gasteiger partial charge in [-0.05, 0) is 31.2 Å². The number of pyridine rings is 1. The third kappa shape index (κ3) is 3.55. The molecular weight excluding hydrogens is 368 g/mol. The summed E-state index contributed by atoms with van der Waals surface area (Å²) in [6.45, 7) is 4.67. The van der Waals surface area contributed by atoms with Crippen molar-refractivity contribution in [3.63, 3.8) is 0 Å². The Morgan fingerprint density at radius 2 is 1.38 bits per heavy atom. The number of carbonyl (C=O) groups excluding carboxylic acids is 2. The maximum absolute atomic E-state index is 13.0. The van der Waals surface area contributed by atoms with Gasteiger partial charge in [0, 0.05) is 43.5 Å². The van der Waals surface area contributed by atoms with E-state index in [4.69, 9.17) is 0 Å². The van der Waals surface area contributed by atoms with E-state index in [2.05, 4.69) is 5.32 Å². The van der Waals surface area contributed by atoms with E-state index in [1.165, 1.54) is 0 Å². The zero-order valence-electron chi connectivity index (χ0n) is 16.4. The highest BCUT2D eigenvalue weighted by Gasteiger charge is 2.24. The second-order valence-corrected chi connectivity index (χ2v) is 7.15. The van der Waals surface area contributed by atoms with Gasteiger partial charge in [0.2, 0.25) is 5.91 Å². The number of carbonyl (C=O) groups is 2. The molecule has 1 fully saturated rings. The SMILES string of the molecule is CCNC(=O)N1CCN(C(=O)Cn2c3ccccc3c(=O)c3ccccc32)CC1. The Bertz CT molecular complexity index is 1070. The molecule has 7 nitrogen and oxygen atoms in total. The van der Waals surface area contributed by atoms with Crippen LogP contribution in [0.25, 0.3) is 21.8 Å². The number of aromatic nitrogens is 1. The minimum atomic E-state index is -0.0861. The lowest BCUT2D eigenvalue weighted by Gasteiger charge is -2.35. The van der Waals surface area contributed by atoms with Crippen molar-refractivity contribution in [2.24, 2.45) is 0 Å². The van der Waals surface area contributed by atoms with E-state index in [0.29, 0.717) is 43.5 Å². The first-order valence-electron chi connectivity index (χ1n) is 9.91. The molecule has 0 bridgehead atoms. The number of urea groups is 1. The highest BCUT2D eigenvalue weighted by atomic mass is 16.2. The molecule has 7 heteroatoms. The Labute approximate surface area is 168 Å². The van der Waals surface area contributed by atoms with E-state index in [0.717, 1.165) is 11.0 Å². The van der Waals surface area contributed by atoms with Gasteiger partial charge in [-0.3, -0.25) is 9.59 Å². The van der Waals surface area contributed by atoms with Crippen molar-refractivity contribution < 1.29 is 9.59 Å². The van der Waals surface area contributed by atoms with Gasteiger partial charge in [0.05, 0.1) is 11.0 Å². The smallest absolute Gasteiger partial charge is 0.317 e. The molecule has 0 unspecified atom stereocenters. The van der Waals surface area contributed by atoms with Gasteiger partial charge in [-0.15, -0.1) is 0 Å². The van der Waals surface area contributed by atoms with Gasteiger partial charge in [0.15, 0.2) is 5.43 Å². The van der Waals surface area contributed by atoms with Crippen LogP contribution in [-0.4, -0.2) is 59.0 Å². The second-order valence-electron chi connectivity index (χ2n) is 7.15. The van der Waals surface area contributed by atoms with Crippen LogP contribution in [0, 0.1) is 0 Å². The summed E-state index contributed by atoms with van der Waals surface area (Å²) in [6.07, 6.45) is 0. The molecule has 1 aliphatic rings. The maximum atomic E-state index is 13.0. The van der Waals surface area contributed by atoms with Gasteiger partial charge >= 0.3 is 6.03 Å². The number of piperazine rings is 1. The number of hydrogen-bond acceptors (Lipinski definition) is 3. The fraction of sp³-hybridized carbons (Fsp3) is 0.318. The summed E-state index contributed by atoms with van der Waals surface area (Å²) >= 11 is 0. The van der Waals surface area contributed by atoms with E-state index < -0.39 is 0 Å². The molecule has 29 heavy (non-hydrogen) atoms. The zero-order valence-corrected chi connectivity index (χ0v) is 16.4. The fourth-order valence-corrected chi connectivity index (χ4v) is 3.90. The van der Waals surface area contributed by atoms with Gasteiger partial charge in [0.1, 0.15) is 6.54 Å². The maximum Gasteiger partial charge on any atom is 0.317 e. The van der Waals surface area contributed by atoms with Crippen molar-refractivity contribution >= 4 is 33.7 Å². The van der Waals surface area contributed by atoms with Crippen LogP contribution < -0.4 is 10.7 Å². The first-order chi connectivity index (χ1) is 14.1. The zero-order chi connectivity index (χ0) is 20.4. The van der Waals surface area contributed by atoms with Crippen molar-refractivity contribution in [3.8, 4) is 0 Å². The number of nitrogens with one attached hydrogen (secondary N) is 1. The third-order valence-electron chi connectivity index (χ3n) is 5.42. The number of benzene rings is 2. The van der Waals surface area contributed by atoms with Gasteiger partial charge in [-0.2, -0.15) is 0 Å². The van der Waals surface area contributed by atoms with Gasteiger partial charge in [-0.25, -0.2) is 4.79 Å². The molecule has 3 amide bonds. The lowest BCUT2D eigenvalue weighted by molar-refractivity contribution is -0.133. The first kappa shape index (κ1) is 19.0. The monoisotopic (exact) mass is 392 g/mol. The number of nitrogens with zero attached hydrogens (tertiary/aromatic N) is 3. The van der Waals surface area contributed by atoms with E-state index in [1.54, 1.807) is 21.9 Å². The summed E-state index contributed by atoms with van der Waals surface area (Å²) in [7, 11) is 0. The lowest BCUT2D eigenvalue weighted by atomic mass is 10.1. The van der Waals surface area contributed by atoms with Gasteiger partial charge in [0.25, 0.3) is 0 Å². The second kappa shape index (κ2) is 7.95. The molecule has 1 aromatic heterocycles. The Morgan fingerprint density at radius 1 is 0.862 bits per heavy atom. The number of fused-ring (bicyclic) bond motifs is 2. The number of rotatable bonds is 3. The van der Waals surface area contributed by atoms with Crippen molar-refractivity contribution in [1.82, 2.24) is 19.7 Å².